The summed E-state index contributed by atoms with van der Waals surface area (Å²) in [4.78, 5) is 11.4. The van der Waals surface area contributed by atoms with Crippen molar-refractivity contribution in [1.82, 2.24) is 9.97 Å². The highest BCUT2D eigenvalue weighted by Gasteiger charge is 2.15. The van der Waals surface area contributed by atoms with Gasteiger partial charge in [0, 0.05) is 24.8 Å². The van der Waals surface area contributed by atoms with Gasteiger partial charge in [-0.2, -0.15) is 4.98 Å². The summed E-state index contributed by atoms with van der Waals surface area (Å²) in [6, 6.07) is 9.82. The second kappa shape index (κ2) is 5.99. The molecule has 1 saturated heterocycles. The molecular formula is C16H20N4O. The van der Waals surface area contributed by atoms with Crippen molar-refractivity contribution in [3.8, 4) is 5.75 Å². The second-order valence-electron chi connectivity index (χ2n) is 5.21. The highest BCUT2D eigenvalue weighted by molar-refractivity contribution is 5.63. The van der Waals surface area contributed by atoms with E-state index in [1.54, 1.807) is 7.11 Å². The second-order valence-corrected chi connectivity index (χ2v) is 5.21. The van der Waals surface area contributed by atoms with Gasteiger partial charge in [0.1, 0.15) is 11.6 Å². The molecule has 2 heterocycles. The van der Waals surface area contributed by atoms with Gasteiger partial charge in [0.25, 0.3) is 0 Å². The number of nitrogens with one attached hydrogen (secondary N) is 1. The minimum atomic E-state index is 0.612. The van der Waals surface area contributed by atoms with Crippen LogP contribution in [0.1, 0.15) is 18.5 Å². The summed E-state index contributed by atoms with van der Waals surface area (Å²) >= 11 is 0. The Morgan fingerprint density at radius 1 is 1.14 bits per heavy atom. The van der Waals surface area contributed by atoms with E-state index in [2.05, 4.69) is 20.2 Å². The van der Waals surface area contributed by atoms with Crippen LogP contribution in [0.25, 0.3) is 0 Å². The van der Waals surface area contributed by atoms with Crippen LogP contribution in [-0.4, -0.2) is 30.2 Å². The van der Waals surface area contributed by atoms with Gasteiger partial charge in [0.15, 0.2) is 0 Å². The number of anilines is 3. The predicted octanol–water partition coefficient (Wildman–Crippen LogP) is 3.14. The van der Waals surface area contributed by atoms with Gasteiger partial charge in [-0.15, -0.1) is 0 Å². The molecule has 5 heteroatoms. The molecule has 1 fully saturated rings. The lowest BCUT2D eigenvalue weighted by Crippen LogP contribution is -2.19. The Bertz CT molecular complexity index is 623. The zero-order chi connectivity index (χ0) is 14.7. The standard InChI is InChI=1S/C16H20N4O/c1-12-11-15(20-9-5-6-10-20)19-16(17-12)18-13-7-3-4-8-14(13)21-2/h3-4,7-8,11H,5-6,9-10H2,1-2H3,(H,17,18,19). The Morgan fingerprint density at radius 3 is 2.67 bits per heavy atom. The molecule has 1 aromatic heterocycles. The number of methoxy groups -OCH3 is 1. The van der Waals surface area contributed by atoms with Crippen LogP contribution in [0.5, 0.6) is 5.75 Å². The SMILES string of the molecule is COc1ccccc1Nc1nc(C)cc(N2CCCC2)n1. The van der Waals surface area contributed by atoms with Gasteiger partial charge in [0.2, 0.25) is 5.95 Å². The molecule has 0 radical (unpaired) electrons. The maximum absolute atomic E-state index is 5.35. The van der Waals surface area contributed by atoms with Crippen LogP contribution in [0.15, 0.2) is 30.3 Å². The number of ether oxygens (including phenoxy) is 1. The monoisotopic (exact) mass is 284 g/mol. The summed E-state index contributed by atoms with van der Waals surface area (Å²) in [5.41, 5.74) is 1.84. The minimum absolute atomic E-state index is 0.612. The first kappa shape index (κ1) is 13.7. The Kier molecular flexibility index (Phi) is 3.90. The Hall–Kier alpha value is -2.30. The van der Waals surface area contributed by atoms with Gasteiger partial charge in [-0.05, 0) is 31.9 Å². The number of rotatable bonds is 4. The van der Waals surface area contributed by atoms with Crippen LogP contribution in [0.3, 0.4) is 0 Å². The van der Waals surface area contributed by atoms with E-state index in [0.29, 0.717) is 5.95 Å². The normalized spacial score (nSPS) is 14.3. The molecule has 0 unspecified atom stereocenters. The molecule has 2 aromatic rings. The van der Waals surface area contributed by atoms with Gasteiger partial charge in [-0.25, -0.2) is 4.98 Å². The fourth-order valence-corrected chi connectivity index (χ4v) is 2.58. The number of para-hydroxylation sites is 2. The van der Waals surface area contributed by atoms with Crippen LogP contribution in [-0.2, 0) is 0 Å². The molecule has 0 aliphatic carbocycles. The quantitative estimate of drug-likeness (QED) is 0.934. The minimum Gasteiger partial charge on any atom is -0.495 e. The molecule has 110 valence electrons. The van der Waals surface area contributed by atoms with Gasteiger partial charge < -0.3 is 15.0 Å². The van der Waals surface area contributed by atoms with Crippen molar-refractivity contribution in [1.29, 1.82) is 0 Å². The van der Waals surface area contributed by atoms with Gasteiger partial charge >= 0.3 is 0 Å². The third kappa shape index (κ3) is 3.07. The highest BCUT2D eigenvalue weighted by Crippen LogP contribution is 2.27. The maximum Gasteiger partial charge on any atom is 0.229 e. The fraction of sp³-hybridized carbons (Fsp3) is 0.375. The van der Waals surface area contributed by atoms with E-state index in [-0.39, 0.29) is 0 Å². The van der Waals surface area contributed by atoms with Crippen LogP contribution in [0.4, 0.5) is 17.5 Å². The molecule has 21 heavy (non-hydrogen) atoms. The van der Waals surface area contributed by atoms with Crippen LogP contribution < -0.4 is 15.0 Å². The first-order valence-corrected chi connectivity index (χ1v) is 7.27. The number of hydrogen-bond acceptors (Lipinski definition) is 5. The Balaban J connectivity index is 1.88. The molecule has 0 spiro atoms. The van der Waals surface area contributed by atoms with Gasteiger partial charge in [-0.3, -0.25) is 0 Å². The average Bonchev–Trinajstić information content (AvgIpc) is 3.01. The lowest BCUT2D eigenvalue weighted by Gasteiger charge is -2.18. The summed E-state index contributed by atoms with van der Waals surface area (Å²) in [7, 11) is 1.66. The topological polar surface area (TPSA) is 50.3 Å². The van der Waals surface area contributed by atoms with E-state index in [9.17, 15) is 0 Å². The third-order valence-corrected chi connectivity index (χ3v) is 3.62. The molecule has 1 aliphatic heterocycles. The van der Waals surface area contributed by atoms with E-state index < -0.39 is 0 Å². The van der Waals surface area contributed by atoms with E-state index in [1.165, 1.54) is 12.8 Å². The highest BCUT2D eigenvalue weighted by atomic mass is 16.5. The molecule has 3 rings (SSSR count). The van der Waals surface area contributed by atoms with E-state index in [0.717, 1.165) is 36.0 Å². The smallest absolute Gasteiger partial charge is 0.229 e. The van der Waals surface area contributed by atoms with Crippen LogP contribution in [0.2, 0.25) is 0 Å². The molecule has 0 saturated carbocycles. The Labute approximate surface area is 125 Å². The predicted molar refractivity (Wildman–Crippen MR) is 84.5 cm³/mol. The summed E-state index contributed by atoms with van der Waals surface area (Å²) in [5.74, 6) is 2.39. The first-order valence-electron chi connectivity index (χ1n) is 7.27. The van der Waals surface area contributed by atoms with Crippen molar-refractivity contribution in [2.24, 2.45) is 0 Å². The largest absolute Gasteiger partial charge is 0.495 e. The lowest BCUT2D eigenvalue weighted by atomic mass is 10.3. The van der Waals surface area contributed by atoms with Gasteiger partial charge in [-0.1, -0.05) is 12.1 Å². The molecule has 1 N–H and O–H groups in total. The molecule has 5 nitrogen and oxygen atoms in total. The van der Waals surface area contributed by atoms with Crippen LogP contribution >= 0.6 is 0 Å². The van der Waals surface area contributed by atoms with E-state index in [4.69, 9.17) is 4.74 Å². The number of aromatic nitrogens is 2. The van der Waals surface area contributed by atoms with Crippen LogP contribution in [0, 0.1) is 6.92 Å². The molecular weight excluding hydrogens is 264 g/mol. The van der Waals surface area contributed by atoms with Crippen molar-refractivity contribution < 1.29 is 4.74 Å². The molecule has 0 atom stereocenters. The van der Waals surface area contributed by atoms with Crippen molar-refractivity contribution in [3.63, 3.8) is 0 Å². The van der Waals surface area contributed by atoms with Crippen molar-refractivity contribution in [3.05, 3.63) is 36.0 Å². The zero-order valence-electron chi connectivity index (χ0n) is 12.5. The van der Waals surface area contributed by atoms with Crippen molar-refractivity contribution >= 4 is 17.5 Å². The summed E-state index contributed by atoms with van der Waals surface area (Å²) in [5, 5.41) is 3.25. The number of benzene rings is 1. The average molecular weight is 284 g/mol. The van der Waals surface area contributed by atoms with Crippen molar-refractivity contribution in [2.45, 2.75) is 19.8 Å². The summed E-state index contributed by atoms with van der Waals surface area (Å²) < 4.78 is 5.35. The summed E-state index contributed by atoms with van der Waals surface area (Å²) in [6.45, 7) is 4.14. The zero-order valence-corrected chi connectivity index (χ0v) is 12.5. The molecule has 0 bridgehead atoms. The number of hydrogen-bond donors (Lipinski definition) is 1. The number of nitrogens with zero attached hydrogens (tertiary/aromatic N) is 3. The van der Waals surface area contributed by atoms with Crippen molar-refractivity contribution in [2.75, 3.05) is 30.4 Å². The molecule has 0 amide bonds. The molecule has 1 aromatic carbocycles. The first-order chi connectivity index (χ1) is 10.3. The van der Waals surface area contributed by atoms with Gasteiger partial charge in [0.05, 0.1) is 12.8 Å². The van der Waals surface area contributed by atoms with E-state index >= 15 is 0 Å². The third-order valence-electron chi connectivity index (χ3n) is 3.62. The summed E-state index contributed by atoms with van der Waals surface area (Å²) in [6.07, 6.45) is 2.47. The number of aryl methyl sites for hydroxylation is 1. The van der Waals surface area contributed by atoms with E-state index in [1.807, 2.05) is 37.3 Å². The fourth-order valence-electron chi connectivity index (χ4n) is 2.58. The molecule has 1 aliphatic rings. The maximum atomic E-state index is 5.35. The lowest BCUT2D eigenvalue weighted by molar-refractivity contribution is 0.417. The Morgan fingerprint density at radius 2 is 1.90 bits per heavy atom.